The maximum Gasteiger partial charge on any atom is 0.414 e. The number of benzene rings is 2. The van der Waals surface area contributed by atoms with Crippen LogP contribution in [0.15, 0.2) is 48.7 Å². The molecule has 178 valence electrons. The number of likely N-dealkylation sites (tertiary alicyclic amines) is 1. The van der Waals surface area contributed by atoms with E-state index in [0.29, 0.717) is 23.8 Å². The van der Waals surface area contributed by atoms with E-state index in [2.05, 4.69) is 39.6 Å². The number of aromatic amines is 1. The molecule has 0 saturated carbocycles. The number of aromatic nitrogens is 1. The van der Waals surface area contributed by atoms with E-state index in [1.807, 2.05) is 18.2 Å². The van der Waals surface area contributed by atoms with E-state index in [1.165, 1.54) is 21.9 Å². The van der Waals surface area contributed by atoms with Crippen LogP contribution in [0.1, 0.15) is 36.8 Å². The number of hydrogen-bond donors (Lipinski definition) is 2. The summed E-state index contributed by atoms with van der Waals surface area (Å²) in [7, 11) is 0. The maximum atomic E-state index is 15.1. The second-order valence-corrected chi connectivity index (χ2v) is 9.78. The van der Waals surface area contributed by atoms with Gasteiger partial charge in [0.15, 0.2) is 0 Å². The summed E-state index contributed by atoms with van der Waals surface area (Å²) >= 11 is 5.01. The molecule has 0 spiro atoms. The van der Waals surface area contributed by atoms with Crippen LogP contribution in [0.3, 0.4) is 0 Å². The standard InChI is InChI=1S/C26H29FN4O2S/c1-17(34)28-14-21-16-31(26(32)33-21)20-6-7-22(24(27)12-20)18-8-10-30(11-9-18)15-19-13-29-25-5-3-2-4-23(19)25/h2-7,12-13,18,21,29H,8-11,14-16H2,1H3,(H,28,34)/t21-/m0/s1. The molecular weight excluding hydrogens is 451 g/mol. The van der Waals surface area contributed by atoms with Crippen molar-refractivity contribution in [3.8, 4) is 0 Å². The van der Waals surface area contributed by atoms with Crippen molar-refractivity contribution in [2.24, 2.45) is 0 Å². The highest BCUT2D eigenvalue weighted by molar-refractivity contribution is 7.80. The number of para-hydroxylation sites is 1. The van der Waals surface area contributed by atoms with Crippen molar-refractivity contribution in [1.29, 1.82) is 0 Å². The minimum Gasteiger partial charge on any atom is -0.442 e. The first-order valence-corrected chi connectivity index (χ1v) is 12.2. The lowest BCUT2D eigenvalue weighted by Gasteiger charge is -2.32. The van der Waals surface area contributed by atoms with E-state index in [1.54, 1.807) is 6.92 Å². The SMILES string of the molecule is CC(=S)NC[C@H]1CN(c2ccc(C3CCN(Cc4c[nH]c5ccccc45)CC3)c(F)c2)C(=O)O1. The van der Waals surface area contributed by atoms with Gasteiger partial charge in [-0.2, -0.15) is 0 Å². The second kappa shape index (κ2) is 9.72. The van der Waals surface area contributed by atoms with E-state index in [9.17, 15) is 4.79 Å². The molecule has 2 aliphatic heterocycles. The number of thiocarbonyl (C=S) groups is 1. The number of cyclic esters (lactones) is 1. The molecule has 6 nitrogen and oxygen atoms in total. The Kier molecular flexibility index (Phi) is 6.52. The number of ether oxygens (including phenoxy) is 1. The third kappa shape index (κ3) is 4.79. The highest BCUT2D eigenvalue weighted by Gasteiger charge is 2.33. The molecule has 3 heterocycles. The van der Waals surface area contributed by atoms with E-state index >= 15 is 4.39 Å². The number of nitrogens with zero attached hydrogens (tertiary/aromatic N) is 2. The van der Waals surface area contributed by atoms with Crippen molar-refractivity contribution in [3.63, 3.8) is 0 Å². The number of carbonyl (C=O) groups excluding carboxylic acids is 1. The summed E-state index contributed by atoms with van der Waals surface area (Å²) in [6.45, 7) is 5.36. The van der Waals surface area contributed by atoms with Crippen LogP contribution in [0.4, 0.5) is 14.9 Å². The van der Waals surface area contributed by atoms with Crippen LogP contribution in [-0.2, 0) is 11.3 Å². The molecule has 0 radical (unpaired) electrons. The van der Waals surface area contributed by atoms with Gasteiger partial charge >= 0.3 is 6.09 Å². The summed E-state index contributed by atoms with van der Waals surface area (Å²) in [5, 5.41) is 4.28. The zero-order valence-electron chi connectivity index (χ0n) is 19.2. The predicted molar refractivity (Wildman–Crippen MR) is 136 cm³/mol. The summed E-state index contributed by atoms with van der Waals surface area (Å²) < 4.78 is 20.5. The number of nitrogens with one attached hydrogen (secondary N) is 2. The number of hydrogen-bond acceptors (Lipinski definition) is 4. The number of rotatable bonds is 6. The predicted octanol–water partition coefficient (Wildman–Crippen LogP) is 4.95. The van der Waals surface area contributed by atoms with Crippen molar-refractivity contribution in [1.82, 2.24) is 15.2 Å². The summed E-state index contributed by atoms with van der Waals surface area (Å²) in [5.74, 6) is -0.0713. The number of piperidine rings is 1. The van der Waals surface area contributed by atoms with Gasteiger partial charge in [-0.15, -0.1) is 0 Å². The Morgan fingerprint density at radius 1 is 1.24 bits per heavy atom. The molecular formula is C26H29FN4O2S. The van der Waals surface area contributed by atoms with E-state index in [-0.39, 0.29) is 17.8 Å². The number of H-pyrrole nitrogens is 1. The van der Waals surface area contributed by atoms with Crippen molar-refractivity contribution in [2.45, 2.75) is 38.3 Å². The number of halogens is 1. The number of amides is 1. The summed E-state index contributed by atoms with van der Waals surface area (Å²) in [6.07, 6.45) is 3.15. The number of fused-ring (bicyclic) bond motifs is 1. The lowest BCUT2D eigenvalue weighted by atomic mass is 9.88. The zero-order valence-corrected chi connectivity index (χ0v) is 20.0. The van der Waals surface area contributed by atoms with Crippen LogP contribution in [0.5, 0.6) is 0 Å². The van der Waals surface area contributed by atoms with Gasteiger partial charge in [-0.3, -0.25) is 9.80 Å². The molecule has 3 aromatic rings. The highest BCUT2D eigenvalue weighted by Crippen LogP contribution is 2.33. The molecule has 0 aliphatic carbocycles. The van der Waals surface area contributed by atoms with Gasteiger partial charge in [0.05, 0.1) is 23.8 Å². The van der Waals surface area contributed by atoms with Crippen LogP contribution in [-0.4, -0.2) is 53.2 Å². The van der Waals surface area contributed by atoms with Gasteiger partial charge in [-0.25, -0.2) is 9.18 Å². The molecule has 1 amide bonds. The van der Waals surface area contributed by atoms with E-state index in [0.717, 1.165) is 43.6 Å². The fraction of sp³-hybridized carbons (Fsp3) is 0.385. The monoisotopic (exact) mass is 480 g/mol. The fourth-order valence-electron chi connectivity index (χ4n) is 5.02. The van der Waals surface area contributed by atoms with Gasteiger partial charge < -0.3 is 15.0 Å². The van der Waals surface area contributed by atoms with Crippen LogP contribution in [0.2, 0.25) is 0 Å². The van der Waals surface area contributed by atoms with Crippen LogP contribution in [0.25, 0.3) is 10.9 Å². The summed E-state index contributed by atoms with van der Waals surface area (Å²) in [4.78, 5) is 20.2. The Bertz CT molecular complexity index is 1200. The number of anilines is 1. The van der Waals surface area contributed by atoms with E-state index < -0.39 is 6.09 Å². The fourth-order valence-corrected chi connectivity index (χ4v) is 5.10. The molecule has 2 fully saturated rings. The Morgan fingerprint density at radius 2 is 2.03 bits per heavy atom. The van der Waals surface area contributed by atoms with Gasteiger partial charge in [0.1, 0.15) is 11.9 Å². The maximum absolute atomic E-state index is 15.1. The quantitative estimate of drug-likeness (QED) is 0.489. The second-order valence-electron chi connectivity index (χ2n) is 9.17. The Labute approximate surface area is 204 Å². The highest BCUT2D eigenvalue weighted by atomic mass is 32.1. The third-order valence-corrected chi connectivity index (χ3v) is 6.99. The van der Waals surface area contributed by atoms with Gasteiger partial charge in [0.2, 0.25) is 0 Å². The molecule has 0 unspecified atom stereocenters. The van der Waals surface area contributed by atoms with Crippen molar-refractivity contribution in [2.75, 3.05) is 31.1 Å². The van der Waals surface area contributed by atoms with Crippen LogP contribution >= 0.6 is 12.2 Å². The number of carbonyl (C=O) groups is 1. The molecule has 2 aliphatic rings. The Morgan fingerprint density at radius 3 is 2.79 bits per heavy atom. The minimum atomic E-state index is -0.452. The first kappa shape index (κ1) is 22.8. The van der Waals surface area contributed by atoms with Gasteiger partial charge in [-0.1, -0.05) is 36.5 Å². The van der Waals surface area contributed by atoms with Gasteiger partial charge in [0, 0.05) is 23.6 Å². The topological polar surface area (TPSA) is 60.6 Å². The van der Waals surface area contributed by atoms with E-state index in [4.69, 9.17) is 17.0 Å². The molecule has 34 heavy (non-hydrogen) atoms. The smallest absolute Gasteiger partial charge is 0.414 e. The molecule has 1 aromatic heterocycles. The summed E-state index contributed by atoms with van der Waals surface area (Å²) in [6, 6.07) is 13.5. The molecule has 5 rings (SSSR count). The van der Waals surface area contributed by atoms with Crippen LogP contribution < -0.4 is 10.2 Å². The molecule has 2 N–H and O–H groups in total. The minimum absolute atomic E-state index is 0.182. The van der Waals surface area contributed by atoms with Crippen molar-refractivity contribution >= 4 is 39.9 Å². The van der Waals surface area contributed by atoms with Crippen molar-refractivity contribution in [3.05, 3.63) is 65.6 Å². The van der Waals surface area contributed by atoms with Crippen molar-refractivity contribution < 1.29 is 13.9 Å². The molecule has 2 aromatic carbocycles. The summed E-state index contributed by atoms with van der Waals surface area (Å²) in [5.41, 5.74) is 3.73. The molecule has 2 saturated heterocycles. The average Bonchev–Trinajstić information content (AvgIpc) is 3.41. The molecule has 1 atom stereocenters. The van der Waals surface area contributed by atoms with Gasteiger partial charge in [0.25, 0.3) is 0 Å². The first-order valence-electron chi connectivity index (χ1n) is 11.8. The Balaban J connectivity index is 1.19. The zero-order chi connectivity index (χ0) is 23.7. The first-order chi connectivity index (χ1) is 16.5. The van der Waals surface area contributed by atoms with Gasteiger partial charge in [-0.05, 0) is 68.1 Å². The third-order valence-electron chi connectivity index (χ3n) is 6.84. The average molecular weight is 481 g/mol. The molecule has 0 bridgehead atoms. The normalized spacial score (nSPS) is 19.5. The largest absolute Gasteiger partial charge is 0.442 e. The Hall–Kier alpha value is -2.97. The lowest BCUT2D eigenvalue weighted by Crippen LogP contribution is -2.33. The lowest BCUT2D eigenvalue weighted by molar-refractivity contribution is 0.143. The van der Waals surface area contributed by atoms with Crippen LogP contribution in [0, 0.1) is 5.82 Å². The molecule has 8 heteroatoms.